The molecule has 190 valence electrons. The number of methoxy groups -OCH3 is 1. The van der Waals surface area contributed by atoms with Gasteiger partial charge in [0.05, 0.1) is 30.6 Å². The number of anilines is 2. The number of alkyl halides is 3. The molecule has 2 saturated heterocycles. The third kappa shape index (κ3) is 5.98. The van der Waals surface area contributed by atoms with Crippen LogP contribution in [-0.2, 0) is 15.7 Å². The van der Waals surface area contributed by atoms with Crippen LogP contribution in [0.5, 0.6) is 0 Å². The van der Waals surface area contributed by atoms with Gasteiger partial charge in [-0.1, -0.05) is 0 Å². The maximum Gasteiger partial charge on any atom is 0.416 e. The number of rotatable bonds is 6. The summed E-state index contributed by atoms with van der Waals surface area (Å²) in [7, 11) is 1.35. The zero-order valence-electron chi connectivity index (χ0n) is 19.8. The molecule has 1 aromatic heterocycles. The summed E-state index contributed by atoms with van der Waals surface area (Å²) < 4.78 is 46.8. The van der Waals surface area contributed by atoms with Crippen LogP contribution < -0.4 is 10.2 Å². The smallest absolute Gasteiger partial charge is 0.416 e. The van der Waals surface area contributed by atoms with E-state index in [4.69, 9.17) is 4.74 Å². The first-order chi connectivity index (χ1) is 16.8. The van der Waals surface area contributed by atoms with Gasteiger partial charge in [-0.25, -0.2) is 4.79 Å². The Morgan fingerprint density at radius 2 is 1.77 bits per heavy atom. The van der Waals surface area contributed by atoms with Gasteiger partial charge in [0.25, 0.3) is 0 Å². The van der Waals surface area contributed by atoms with E-state index in [1.54, 1.807) is 12.1 Å². The molecule has 10 heteroatoms. The van der Waals surface area contributed by atoms with Gasteiger partial charge >= 0.3 is 12.1 Å². The van der Waals surface area contributed by atoms with Gasteiger partial charge in [-0.05, 0) is 62.4 Å². The van der Waals surface area contributed by atoms with Gasteiger partial charge in [-0.15, -0.1) is 0 Å². The quantitative estimate of drug-likeness (QED) is 0.599. The van der Waals surface area contributed by atoms with E-state index in [0.717, 1.165) is 57.3 Å². The number of aromatic nitrogens is 1. The third-order valence-corrected chi connectivity index (χ3v) is 6.79. The highest BCUT2D eigenvalue weighted by Gasteiger charge is 2.32. The molecule has 3 heterocycles. The highest BCUT2D eigenvalue weighted by Crippen LogP contribution is 2.36. The lowest BCUT2D eigenvalue weighted by Crippen LogP contribution is -2.40. The minimum Gasteiger partial charge on any atom is -0.464 e. The van der Waals surface area contributed by atoms with Crippen molar-refractivity contribution in [2.45, 2.75) is 44.3 Å². The molecule has 35 heavy (non-hydrogen) atoms. The zero-order valence-corrected chi connectivity index (χ0v) is 19.8. The summed E-state index contributed by atoms with van der Waals surface area (Å²) in [6.07, 6.45) is 1.91. The van der Waals surface area contributed by atoms with Gasteiger partial charge in [0.1, 0.15) is 5.69 Å². The molecule has 4 rings (SSSR count). The summed E-state index contributed by atoms with van der Waals surface area (Å²) in [6.45, 7) is 2.89. The van der Waals surface area contributed by atoms with E-state index in [1.807, 2.05) is 20.6 Å². The third-order valence-electron chi connectivity index (χ3n) is 6.79. The summed E-state index contributed by atoms with van der Waals surface area (Å²) in [5, 5.41) is 2.75. The predicted octanol–water partition coefficient (Wildman–Crippen LogP) is 4.56. The lowest BCUT2D eigenvalue weighted by Gasteiger charge is -2.33. The van der Waals surface area contributed by atoms with Gasteiger partial charge in [-0.2, -0.15) is 13.2 Å². The molecule has 0 spiro atoms. The Morgan fingerprint density at radius 3 is 2.43 bits per heavy atom. The average Bonchev–Trinajstić information content (AvgIpc) is 3.34. The summed E-state index contributed by atoms with van der Waals surface area (Å²) in [5.41, 5.74) is 0.561. The summed E-state index contributed by atoms with van der Waals surface area (Å²) in [4.78, 5) is 28.8. The first-order valence-electron chi connectivity index (χ1n) is 12.0. The van der Waals surface area contributed by atoms with Crippen molar-refractivity contribution in [1.82, 2.24) is 9.47 Å². The number of carbonyl (C=O) groups is 2. The average molecular weight is 493 g/mol. The van der Waals surface area contributed by atoms with Crippen molar-refractivity contribution in [3.8, 4) is 0 Å². The second-order valence-electron chi connectivity index (χ2n) is 9.13. The number of piperidine rings is 2. The Bertz CT molecular complexity index is 1040. The number of esters is 1. The summed E-state index contributed by atoms with van der Waals surface area (Å²) in [6, 6.07) is 7.22. The van der Waals surface area contributed by atoms with Crippen molar-refractivity contribution in [1.29, 1.82) is 0 Å². The Hall–Kier alpha value is -3.01. The molecule has 0 aliphatic carbocycles. The Morgan fingerprint density at radius 1 is 1.06 bits per heavy atom. The fraction of sp³-hybridized carbons (Fsp3) is 0.520. The predicted molar refractivity (Wildman–Crippen MR) is 127 cm³/mol. The SMILES string of the molecule is COC(=O)c1cccn1C1CCN(CC(=O)Nc2cc(C(F)(F)F)ccc2N2CCCCC2)CC1. The van der Waals surface area contributed by atoms with Crippen LogP contribution in [0.4, 0.5) is 24.5 Å². The van der Waals surface area contributed by atoms with Crippen molar-refractivity contribution in [2.24, 2.45) is 0 Å². The van der Waals surface area contributed by atoms with Crippen molar-refractivity contribution < 1.29 is 27.5 Å². The minimum atomic E-state index is -4.48. The maximum absolute atomic E-state index is 13.3. The second-order valence-corrected chi connectivity index (χ2v) is 9.13. The molecule has 2 aliphatic rings. The Kier molecular flexibility index (Phi) is 7.69. The van der Waals surface area contributed by atoms with Crippen molar-refractivity contribution >= 4 is 23.3 Å². The summed E-state index contributed by atoms with van der Waals surface area (Å²) >= 11 is 0. The number of carbonyl (C=O) groups excluding carboxylic acids is 2. The first kappa shape index (κ1) is 25.1. The van der Waals surface area contributed by atoms with Crippen molar-refractivity contribution in [3.05, 3.63) is 47.8 Å². The molecule has 0 bridgehead atoms. The summed E-state index contributed by atoms with van der Waals surface area (Å²) in [5.74, 6) is -0.723. The monoisotopic (exact) mass is 492 g/mol. The molecule has 2 aromatic rings. The van der Waals surface area contributed by atoms with E-state index < -0.39 is 11.7 Å². The van der Waals surface area contributed by atoms with Crippen LogP contribution in [0.3, 0.4) is 0 Å². The topological polar surface area (TPSA) is 66.8 Å². The number of hydrogen-bond acceptors (Lipinski definition) is 5. The van der Waals surface area contributed by atoms with E-state index in [-0.39, 0.29) is 30.2 Å². The molecule has 0 radical (unpaired) electrons. The van der Waals surface area contributed by atoms with Crippen LogP contribution in [0.25, 0.3) is 0 Å². The van der Waals surface area contributed by atoms with Crippen LogP contribution in [0.15, 0.2) is 36.5 Å². The van der Waals surface area contributed by atoms with Crippen molar-refractivity contribution in [2.75, 3.05) is 50.1 Å². The highest BCUT2D eigenvalue weighted by molar-refractivity contribution is 5.96. The number of likely N-dealkylation sites (tertiary alicyclic amines) is 1. The number of benzene rings is 1. The van der Waals surface area contributed by atoms with Gasteiger partial charge < -0.3 is 19.5 Å². The number of amides is 1. The fourth-order valence-corrected chi connectivity index (χ4v) is 4.96. The van der Waals surface area contributed by atoms with Crippen LogP contribution in [0.2, 0.25) is 0 Å². The number of halogens is 3. The van der Waals surface area contributed by atoms with E-state index in [1.165, 1.54) is 13.2 Å². The van der Waals surface area contributed by atoms with Crippen LogP contribution >= 0.6 is 0 Å². The molecule has 1 amide bonds. The normalized spacial score (nSPS) is 17.9. The molecular weight excluding hydrogens is 461 g/mol. The number of hydrogen-bond donors (Lipinski definition) is 1. The Balaban J connectivity index is 1.40. The molecule has 2 aliphatic heterocycles. The highest BCUT2D eigenvalue weighted by atomic mass is 19.4. The van der Waals surface area contributed by atoms with Gasteiger partial charge in [-0.3, -0.25) is 9.69 Å². The lowest BCUT2D eigenvalue weighted by atomic mass is 10.0. The lowest BCUT2D eigenvalue weighted by molar-refractivity contribution is -0.137. The van der Waals surface area contributed by atoms with Crippen LogP contribution in [0.1, 0.15) is 54.2 Å². The fourth-order valence-electron chi connectivity index (χ4n) is 4.96. The number of nitrogens with one attached hydrogen (secondary N) is 1. The zero-order chi connectivity index (χ0) is 25.0. The van der Waals surface area contributed by atoms with E-state index >= 15 is 0 Å². The number of ether oxygens (including phenoxy) is 1. The van der Waals surface area contributed by atoms with Gasteiger partial charge in [0.2, 0.25) is 5.91 Å². The first-order valence-corrected chi connectivity index (χ1v) is 12.0. The molecule has 0 saturated carbocycles. The van der Waals surface area contributed by atoms with Gasteiger partial charge in [0, 0.05) is 38.4 Å². The van der Waals surface area contributed by atoms with Gasteiger partial charge in [0.15, 0.2) is 0 Å². The molecular formula is C25H31F3N4O3. The molecule has 1 aromatic carbocycles. The largest absolute Gasteiger partial charge is 0.464 e. The molecule has 2 fully saturated rings. The van der Waals surface area contributed by atoms with E-state index in [0.29, 0.717) is 24.5 Å². The van der Waals surface area contributed by atoms with Crippen molar-refractivity contribution in [3.63, 3.8) is 0 Å². The van der Waals surface area contributed by atoms with E-state index in [2.05, 4.69) is 5.32 Å². The van der Waals surface area contributed by atoms with Crippen LogP contribution in [-0.4, -0.2) is 61.2 Å². The molecule has 1 N–H and O–H groups in total. The maximum atomic E-state index is 13.3. The van der Waals surface area contributed by atoms with E-state index in [9.17, 15) is 22.8 Å². The minimum absolute atomic E-state index is 0.0952. The molecule has 0 atom stereocenters. The standard InChI is InChI=1S/C25H31F3N4O3/c1-35-24(34)22-6-5-13-32(22)19-9-14-30(15-10-19)17-23(33)29-20-16-18(25(26,27)28)7-8-21(20)31-11-3-2-4-12-31/h5-8,13,16,19H,2-4,9-12,14-15,17H2,1H3,(H,29,33). The number of nitrogens with zero attached hydrogens (tertiary/aromatic N) is 3. The second kappa shape index (κ2) is 10.7. The molecule has 0 unspecified atom stereocenters. The van der Waals surface area contributed by atoms with Crippen LogP contribution in [0, 0.1) is 0 Å². The Labute approximate surface area is 202 Å². The molecule has 7 nitrogen and oxygen atoms in total.